The minimum Gasteiger partial charge on any atom is -0.480 e. The van der Waals surface area contributed by atoms with Crippen molar-refractivity contribution < 1.29 is 13.2 Å². The first kappa shape index (κ1) is 23.7. The zero-order chi connectivity index (χ0) is 24.3. The van der Waals surface area contributed by atoms with E-state index in [1.165, 1.54) is 36.8 Å². The fraction of sp³-hybridized carbons (Fsp3) is 0.0870. The Bertz CT molecular complexity index is 1460. The topological polar surface area (TPSA) is 106 Å². The van der Waals surface area contributed by atoms with E-state index in [1.54, 1.807) is 13.0 Å². The third kappa shape index (κ3) is 5.19. The Kier molecular flexibility index (Phi) is 6.82. The summed E-state index contributed by atoms with van der Waals surface area (Å²) in [5, 5.41) is 6.08. The van der Waals surface area contributed by atoms with Gasteiger partial charge < -0.3 is 10.1 Å². The maximum atomic E-state index is 13.1. The molecule has 174 valence electrons. The van der Waals surface area contributed by atoms with Crippen LogP contribution in [0.15, 0.2) is 71.6 Å². The molecule has 0 saturated carbocycles. The molecule has 0 atom stereocenters. The Labute approximate surface area is 206 Å². The van der Waals surface area contributed by atoms with Crippen molar-refractivity contribution in [3.63, 3.8) is 0 Å². The van der Waals surface area contributed by atoms with Gasteiger partial charge in [-0.05, 0) is 25.1 Å². The fourth-order valence-corrected chi connectivity index (χ4v) is 5.34. The van der Waals surface area contributed by atoms with Gasteiger partial charge in [-0.2, -0.15) is 0 Å². The quantitative estimate of drug-likeness (QED) is 0.301. The molecule has 3 aromatic heterocycles. The van der Waals surface area contributed by atoms with Gasteiger partial charge in [0.15, 0.2) is 4.90 Å². The summed E-state index contributed by atoms with van der Waals surface area (Å²) in [4.78, 5) is 12.7. The van der Waals surface area contributed by atoms with Crippen molar-refractivity contribution in [3.8, 4) is 16.5 Å². The third-order valence-corrected chi connectivity index (χ3v) is 7.19. The second-order valence-corrected chi connectivity index (χ2v) is 10.0. The van der Waals surface area contributed by atoms with E-state index in [1.807, 2.05) is 35.7 Å². The molecule has 0 bridgehead atoms. The highest BCUT2D eigenvalue weighted by molar-refractivity contribution is 7.92. The molecular formula is C23H20ClN5O3S2. The number of thiazole rings is 1. The molecule has 2 N–H and O–H groups in total. The van der Waals surface area contributed by atoms with Crippen LogP contribution >= 0.6 is 22.9 Å². The zero-order valence-corrected chi connectivity index (χ0v) is 20.6. The predicted octanol–water partition coefficient (Wildman–Crippen LogP) is 5.45. The molecule has 1 aromatic carbocycles. The smallest absolute Gasteiger partial charge is 0.267 e. The number of hydrogen-bond donors (Lipinski definition) is 2. The number of aromatic nitrogens is 3. The molecule has 3 heterocycles. The number of nitrogens with zero attached hydrogens (tertiary/aromatic N) is 3. The van der Waals surface area contributed by atoms with Crippen molar-refractivity contribution in [3.05, 3.63) is 83.2 Å². The van der Waals surface area contributed by atoms with Crippen LogP contribution in [0.3, 0.4) is 0 Å². The van der Waals surface area contributed by atoms with E-state index >= 15 is 0 Å². The van der Waals surface area contributed by atoms with Gasteiger partial charge in [-0.15, -0.1) is 11.3 Å². The van der Waals surface area contributed by atoms with Gasteiger partial charge in [-0.3, -0.25) is 4.72 Å². The monoisotopic (exact) mass is 513 g/mol. The molecule has 4 rings (SSSR count). The molecule has 0 saturated heterocycles. The average molecular weight is 514 g/mol. The number of methoxy groups -OCH3 is 1. The van der Waals surface area contributed by atoms with E-state index in [2.05, 4.69) is 31.6 Å². The van der Waals surface area contributed by atoms with Crippen molar-refractivity contribution in [2.45, 2.75) is 11.8 Å². The number of halogens is 1. The summed E-state index contributed by atoms with van der Waals surface area (Å²) < 4.78 is 34.0. The van der Waals surface area contributed by atoms with Gasteiger partial charge in [0, 0.05) is 10.9 Å². The lowest BCUT2D eigenvalue weighted by Gasteiger charge is -2.14. The van der Waals surface area contributed by atoms with E-state index in [0.717, 1.165) is 10.6 Å². The average Bonchev–Trinajstić information content (AvgIpc) is 3.32. The second-order valence-electron chi connectivity index (χ2n) is 7.11. The molecule has 0 fully saturated rings. The highest BCUT2D eigenvalue weighted by Gasteiger charge is 2.23. The van der Waals surface area contributed by atoms with Crippen LogP contribution in [-0.4, -0.2) is 30.5 Å². The molecule has 0 radical (unpaired) electrons. The summed E-state index contributed by atoms with van der Waals surface area (Å²) in [6.07, 6.45) is 1.46. The lowest BCUT2D eigenvalue weighted by molar-refractivity contribution is 0.385. The number of pyridine rings is 2. The van der Waals surface area contributed by atoms with E-state index in [4.69, 9.17) is 16.3 Å². The van der Waals surface area contributed by atoms with Crippen LogP contribution in [0.25, 0.3) is 16.3 Å². The molecule has 0 aliphatic heterocycles. The zero-order valence-electron chi connectivity index (χ0n) is 18.2. The van der Waals surface area contributed by atoms with Gasteiger partial charge in [-0.1, -0.05) is 48.5 Å². The first-order valence-electron chi connectivity index (χ1n) is 9.94. The third-order valence-electron chi connectivity index (χ3n) is 4.73. The summed E-state index contributed by atoms with van der Waals surface area (Å²) in [5.41, 5.74) is 3.29. The van der Waals surface area contributed by atoms with Crippen LogP contribution in [0.4, 0.5) is 11.4 Å². The predicted molar refractivity (Wildman–Crippen MR) is 136 cm³/mol. The van der Waals surface area contributed by atoms with Crippen molar-refractivity contribution >= 4 is 50.0 Å². The minimum atomic E-state index is -4.05. The van der Waals surface area contributed by atoms with Crippen LogP contribution in [0, 0.1) is 6.92 Å². The summed E-state index contributed by atoms with van der Waals surface area (Å²) in [6, 6.07) is 14.3. The van der Waals surface area contributed by atoms with E-state index in [0.29, 0.717) is 28.5 Å². The number of hydrogen-bond acceptors (Lipinski definition) is 8. The number of ether oxygens (including phenoxy) is 1. The molecule has 8 nitrogen and oxygen atoms in total. The lowest BCUT2D eigenvalue weighted by atomic mass is 10.2. The molecule has 11 heteroatoms. The summed E-state index contributed by atoms with van der Waals surface area (Å²) >= 11 is 7.36. The van der Waals surface area contributed by atoms with E-state index in [9.17, 15) is 8.42 Å². The molecule has 34 heavy (non-hydrogen) atoms. The lowest BCUT2D eigenvalue weighted by Crippen LogP contribution is -2.16. The van der Waals surface area contributed by atoms with Gasteiger partial charge in [0.25, 0.3) is 10.0 Å². The van der Waals surface area contributed by atoms with Crippen LogP contribution < -0.4 is 14.8 Å². The van der Waals surface area contributed by atoms with Crippen LogP contribution in [0.5, 0.6) is 5.88 Å². The molecule has 0 spiro atoms. The Morgan fingerprint density at radius 3 is 2.62 bits per heavy atom. The summed E-state index contributed by atoms with van der Waals surface area (Å²) in [5.74, 6) is -0.0525. The molecule has 4 aromatic rings. The van der Waals surface area contributed by atoms with Crippen molar-refractivity contribution in [1.82, 2.24) is 15.0 Å². The van der Waals surface area contributed by atoms with Crippen LogP contribution in [-0.2, 0) is 10.0 Å². The highest BCUT2D eigenvalue weighted by atomic mass is 35.5. The fourth-order valence-electron chi connectivity index (χ4n) is 3.05. The number of aryl methyl sites for hydroxylation is 1. The van der Waals surface area contributed by atoms with Gasteiger partial charge in [0.05, 0.1) is 41.8 Å². The first-order chi connectivity index (χ1) is 16.3. The maximum Gasteiger partial charge on any atom is 0.267 e. The van der Waals surface area contributed by atoms with Gasteiger partial charge in [0.2, 0.25) is 5.88 Å². The normalized spacial score (nSPS) is 11.1. The largest absolute Gasteiger partial charge is 0.480 e. The first-order valence-corrected chi connectivity index (χ1v) is 12.7. The van der Waals surface area contributed by atoms with Gasteiger partial charge >= 0.3 is 0 Å². The Morgan fingerprint density at radius 1 is 1.15 bits per heavy atom. The maximum absolute atomic E-state index is 13.1. The Hall–Kier alpha value is -3.47. The number of sulfonamides is 1. The number of anilines is 2. The van der Waals surface area contributed by atoms with E-state index in [-0.39, 0.29) is 15.9 Å². The van der Waals surface area contributed by atoms with E-state index < -0.39 is 10.0 Å². The van der Waals surface area contributed by atoms with Gasteiger partial charge in [0.1, 0.15) is 10.2 Å². The van der Waals surface area contributed by atoms with Crippen molar-refractivity contribution in [2.75, 3.05) is 17.1 Å². The number of nitrogens with one attached hydrogen (secondary N) is 2. The van der Waals surface area contributed by atoms with Gasteiger partial charge in [-0.25, -0.2) is 23.4 Å². The molecular weight excluding hydrogens is 494 g/mol. The number of rotatable bonds is 8. The minimum absolute atomic E-state index is 0.0525. The SMILES string of the molecule is C=C(Nc1cnc(OC)c(S(=O)(=O)Nc2ccc(Cl)nc2C)c1)c1csc(-c2ccccc2)n1. The van der Waals surface area contributed by atoms with Crippen molar-refractivity contribution in [1.29, 1.82) is 0 Å². The van der Waals surface area contributed by atoms with Crippen LogP contribution in [0.2, 0.25) is 5.15 Å². The summed E-state index contributed by atoms with van der Waals surface area (Å²) in [6.45, 7) is 5.69. The molecule has 0 aliphatic carbocycles. The summed E-state index contributed by atoms with van der Waals surface area (Å²) in [7, 11) is -2.70. The molecule has 0 amide bonds. The second kappa shape index (κ2) is 9.80. The molecule has 0 aliphatic rings. The number of benzene rings is 1. The standard InChI is InChI=1S/C23H20ClN5O3S2/c1-14-18(9-10-21(24)27-14)29-34(30,31)20-11-17(12-25-22(20)32-3)26-15(2)19-13-33-23(28-19)16-7-5-4-6-8-16/h4-13,26,29H,2H2,1,3H3. The van der Waals surface area contributed by atoms with Crippen LogP contribution in [0.1, 0.15) is 11.4 Å². The van der Waals surface area contributed by atoms with Crippen molar-refractivity contribution in [2.24, 2.45) is 0 Å². The molecule has 0 unspecified atom stereocenters. The Balaban J connectivity index is 1.59. The highest BCUT2D eigenvalue weighted by Crippen LogP contribution is 2.30. The Morgan fingerprint density at radius 2 is 1.91 bits per heavy atom.